The van der Waals surface area contributed by atoms with Gasteiger partial charge in [-0.25, -0.2) is 13.8 Å². The number of thioether (sulfide) groups is 1. The fraction of sp³-hybridized carbons (Fsp3) is 0.348. The number of nitrogens with one attached hydrogen (secondary N) is 1. The Bertz CT molecular complexity index is 1170. The van der Waals surface area contributed by atoms with Crippen molar-refractivity contribution in [1.29, 1.82) is 0 Å². The number of halogens is 2. The molecule has 2 heterocycles. The molecule has 10 heteroatoms. The van der Waals surface area contributed by atoms with E-state index in [1.54, 1.807) is 16.7 Å². The molecule has 7 nitrogen and oxygen atoms in total. The highest BCUT2D eigenvalue weighted by Gasteiger charge is 2.22. The van der Waals surface area contributed by atoms with Crippen LogP contribution in [0.1, 0.15) is 28.8 Å². The van der Waals surface area contributed by atoms with Gasteiger partial charge < -0.3 is 14.2 Å². The minimum Gasteiger partial charge on any atom is -0.370 e. The van der Waals surface area contributed by atoms with Gasteiger partial charge >= 0.3 is 0 Å². The number of anilines is 2. The van der Waals surface area contributed by atoms with E-state index in [0.29, 0.717) is 36.8 Å². The van der Waals surface area contributed by atoms with Crippen molar-refractivity contribution < 1.29 is 23.1 Å². The highest BCUT2D eigenvalue weighted by atomic mass is 32.2. The minimum absolute atomic E-state index is 0.0418. The van der Waals surface area contributed by atoms with Gasteiger partial charge in [-0.05, 0) is 48.8 Å². The number of imidazole rings is 1. The molecule has 0 unspecified atom stereocenters. The van der Waals surface area contributed by atoms with Crippen LogP contribution in [0, 0.1) is 0 Å². The van der Waals surface area contributed by atoms with Gasteiger partial charge in [0.05, 0.1) is 17.6 Å². The van der Waals surface area contributed by atoms with Gasteiger partial charge in [-0.2, -0.15) is 11.8 Å². The summed E-state index contributed by atoms with van der Waals surface area (Å²) in [5.74, 6) is 0.642. The van der Waals surface area contributed by atoms with Crippen molar-refractivity contribution in [2.24, 2.45) is 0 Å². The maximum Gasteiger partial charge on any atom is 0.263 e. The van der Waals surface area contributed by atoms with Crippen LogP contribution in [0.25, 0.3) is 11.0 Å². The topological polar surface area (TPSA) is 76.5 Å². The average molecular weight is 475 g/mol. The summed E-state index contributed by atoms with van der Waals surface area (Å²) in [5.41, 5.74) is 2.09. The number of fused-ring (bicyclic) bond motifs is 1. The molecule has 0 atom stereocenters. The number of aryl methyl sites for hydroxylation is 1. The van der Waals surface area contributed by atoms with Crippen LogP contribution in [0.2, 0.25) is 0 Å². The first kappa shape index (κ1) is 23.2. The number of aromatic nitrogens is 2. The molecule has 1 aliphatic rings. The first-order valence-corrected chi connectivity index (χ1v) is 11.9. The number of morpholine rings is 1. The molecule has 1 saturated heterocycles. The number of alkyl halides is 2. The molecule has 0 spiro atoms. The Kier molecular flexibility index (Phi) is 7.24. The number of hydrogen-bond donors (Lipinski definition) is 1. The van der Waals surface area contributed by atoms with Crippen LogP contribution >= 0.6 is 11.8 Å². The molecule has 1 N–H and O–H groups in total. The lowest BCUT2D eigenvalue weighted by atomic mass is 10.1. The van der Waals surface area contributed by atoms with E-state index in [4.69, 9.17) is 4.74 Å². The smallest absolute Gasteiger partial charge is 0.263 e. The Hall–Kier alpha value is -2.98. The van der Waals surface area contributed by atoms with Crippen molar-refractivity contribution in [3.05, 3.63) is 53.6 Å². The van der Waals surface area contributed by atoms with Gasteiger partial charge in [0.2, 0.25) is 5.95 Å². The van der Waals surface area contributed by atoms with Crippen molar-refractivity contribution in [1.82, 2.24) is 9.55 Å². The zero-order chi connectivity index (χ0) is 23.4. The molecule has 1 aromatic heterocycles. The Morgan fingerprint density at radius 1 is 1.27 bits per heavy atom. The molecule has 0 aliphatic carbocycles. The third-order valence-electron chi connectivity index (χ3n) is 5.39. The van der Waals surface area contributed by atoms with Crippen LogP contribution in [-0.4, -0.2) is 53.1 Å². The average Bonchev–Trinajstić information content (AvgIpc) is 3.15. The highest BCUT2D eigenvalue weighted by Crippen LogP contribution is 2.27. The fourth-order valence-corrected chi connectivity index (χ4v) is 4.17. The second kappa shape index (κ2) is 10.3. The van der Waals surface area contributed by atoms with Gasteiger partial charge in [-0.15, -0.1) is 0 Å². The van der Waals surface area contributed by atoms with Crippen LogP contribution in [0.5, 0.6) is 0 Å². The SMILES string of the molecule is CSCCCn1c(NC(=O)c2cccc(C(F)F)c2)nc2cc(N3CCOCC3=O)ccc21. The third kappa shape index (κ3) is 5.17. The number of ether oxygens (including phenoxy) is 1. The summed E-state index contributed by atoms with van der Waals surface area (Å²) in [6, 6.07) is 10.9. The molecule has 1 aliphatic heterocycles. The quantitative estimate of drug-likeness (QED) is 0.492. The molecule has 174 valence electrons. The van der Waals surface area contributed by atoms with Crippen molar-refractivity contribution in [3.63, 3.8) is 0 Å². The fourth-order valence-electron chi connectivity index (χ4n) is 3.76. The summed E-state index contributed by atoms with van der Waals surface area (Å²) in [5, 5.41) is 2.78. The van der Waals surface area contributed by atoms with Crippen molar-refractivity contribution in [2.75, 3.05) is 42.0 Å². The van der Waals surface area contributed by atoms with Gasteiger partial charge in [0.25, 0.3) is 18.2 Å². The second-order valence-corrected chi connectivity index (χ2v) is 8.57. The maximum atomic E-state index is 13.0. The van der Waals surface area contributed by atoms with Crippen molar-refractivity contribution >= 4 is 46.2 Å². The molecule has 0 bridgehead atoms. The van der Waals surface area contributed by atoms with E-state index < -0.39 is 12.3 Å². The molecule has 0 radical (unpaired) electrons. The van der Waals surface area contributed by atoms with E-state index in [0.717, 1.165) is 17.7 Å². The number of benzene rings is 2. The lowest BCUT2D eigenvalue weighted by Crippen LogP contribution is -2.41. The number of amides is 2. The van der Waals surface area contributed by atoms with E-state index in [9.17, 15) is 18.4 Å². The first-order valence-electron chi connectivity index (χ1n) is 10.5. The summed E-state index contributed by atoms with van der Waals surface area (Å²) in [6.07, 6.45) is 0.228. The van der Waals surface area contributed by atoms with E-state index in [1.165, 1.54) is 24.3 Å². The van der Waals surface area contributed by atoms with Crippen LogP contribution in [-0.2, 0) is 16.1 Å². The largest absolute Gasteiger partial charge is 0.370 e. The van der Waals surface area contributed by atoms with Crippen LogP contribution in [0.3, 0.4) is 0 Å². The Morgan fingerprint density at radius 2 is 2.12 bits per heavy atom. The van der Waals surface area contributed by atoms with E-state index in [1.807, 2.05) is 29.0 Å². The monoisotopic (exact) mass is 474 g/mol. The summed E-state index contributed by atoms with van der Waals surface area (Å²) < 4.78 is 33.2. The van der Waals surface area contributed by atoms with Gasteiger partial charge in [-0.1, -0.05) is 12.1 Å². The predicted molar refractivity (Wildman–Crippen MR) is 125 cm³/mol. The predicted octanol–water partition coefficient (Wildman–Crippen LogP) is 4.34. The second-order valence-electron chi connectivity index (χ2n) is 7.58. The van der Waals surface area contributed by atoms with Crippen LogP contribution in [0.15, 0.2) is 42.5 Å². The molecule has 0 saturated carbocycles. The zero-order valence-electron chi connectivity index (χ0n) is 18.1. The molecular weight excluding hydrogens is 450 g/mol. The van der Waals surface area contributed by atoms with Crippen LogP contribution in [0.4, 0.5) is 20.4 Å². The molecular formula is C23H24F2N4O3S. The summed E-state index contributed by atoms with van der Waals surface area (Å²) in [7, 11) is 0. The standard InChI is InChI=1S/C23H24F2N4O3S/c1-33-11-3-8-29-19-7-6-17(28-9-10-32-14-20(28)30)13-18(19)26-23(29)27-22(31)16-5-2-4-15(12-16)21(24)25/h2,4-7,12-13,21H,3,8-11,14H2,1H3,(H,26,27,31). The Morgan fingerprint density at radius 3 is 2.88 bits per heavy atom. The van der Waals surface area contributed by atoms with Crippen molar-refractivity contribution in [3.8, 4) is 0 Å². The summed E-state index contributed by atoms with van der Waals surface area (Å²) in [6.45, 7) is 1.59. The number of hydrogen-bond acceptors (Lipinski definition) is 5. The zero-order valence-corrected chi connectivity index (χ0v) is 18.9. The number of rotatable bonds is 8. The normalized spacial score (nSPS) is 14.3. The summed E-state index contributed by atoms with van der Waals surface area (Å²) in [4.78, 5) is 31.3. The number of nitrogens with zero attached hydrogens (tertiary/aromatic N) is 3. The van der Waals surface area contributed by atoms with E-state index >= 15 is 0 Å². The van der Waals surface area contributed by atoms with Crippen LogP contribution < -0.4 is 10.2 Å². The molecule has 33 heavy (non-hydrogen) atoms. The van der Waals surface area contributed by atoms with Gasteiger partial charge in [0, 0.05) is 29.9 Å². The number of carbonyl (C=O) groups excluding carboxylic acids is 2. The molecule has 3 aromatic rings. The minimum atomic E-state index is -2.66. The molecule has 1 fully saturated rings. The van der Waals surface area contributed by atoms with Crippen molar-refractivity contribution in [2.45, 2.75) is 19.4 Å². The van der Waals surface area contributed by atoms with Gasteiger partial charge in [-0.3, -0.25) is 14.9 Å². The maximum absolute atomic E-state index is 13.0. The summed E-state index contributed by atoms with van der Waals surface area (Å²) >= 11 is 1.72. The number of carbonyl (C=O) groups is 2. The highest BCUT2D eigenvalue weighted by molar-refractivity contribution is 7.98. The molecule has 2 aromatic carbocycles. The molecule has 4 rings (SSSR count). The molecule has 2 amide bonds. The Labute approximate surface area is 194 Å². The lowest BCUT2D eigenvalue weighted by molar-refractivity contribution is -0.125. The van der Waals surface area contributed by atoms with Gasteiger partial charge in [0.1, 0.15) is 6.61 Å². The van der Waals surface area contributed by atoms with E-state index in [2.05, 4.69) is 10.3 Å². The van der Waals surface area contributed by atoms with E-state index in [-0.39, 0.29) is 23.6 Å². The third-order valence-corrected chi connectivity index (χ3v) is 6.08. The lowest BCUT2D eigenvalue weighted by Gasteiger charge is -2.26. The van der Waals surface area contributed by atoms with Gasteiger partial charge in [0.15, 0.2) is 0 Å². The first-order chi connectivity index (χ1) is 16.0. The Balaban J connectivity index is 1.66.